The molecule has 0 fully saturated rings. The SMILES string of the molecule is CCc1nc(CC)n(C(C)C(=N)N)n1. The van der Waals surface area contributed by atoms with E-state index in [9.17, 15) is 0 Å². The minimum absolute atomic E-state index is 0.118. The molecule has 0 amide bonds. The van der Waals surface area contributed by atoms with E-state index >= 15 is 0 Å². The van der Waals surface area contributed by atoms with E-state index < -0.39 is 0 Å². The summed E-state index contributed by atoms with van der Waals surface area (Å²) in [6, 6.07) is -0.197. The van der Waals surface area contributed by atoms with Gasteiger partial charge in [-0.25, -0.2) is 9.67 Å². The third kappa shape index (κ3) is 1.92. The highest BCUT2D eigenvalue weighted by atomic mass is 15.4. The molecule has 3 N–H and O–H groups in total. The van der Waals surface area contributed by atoms with Gasteiger partial charge in [-0.15, -0.1) is 0 Å². The maximum atomic E-state index is 7.37. The average Bonchev–Trinajstić information content (AvgIpc) is 2.59. The van der Waals surface area contributed by atoms with Gasteiger partial charge in [-0.3, -0.25) is 5.41 Å². The van der Waals surface area contributed by atoms with Gasteiger partial charge in [0.25, 0.3) is 0 Å². The van der Waals surface area contributed by atoms with Gasteiger partial charge in [0, 0.05) is 12.8 Å². The van der Waals surface area contributed by atoms with Crippen LogP contribution in [-0.4, -0.2) is 20.6 Å². The van der Waals surface area contributed by atoms with Crippen LogP contribution in [0.4, 0.5) is 0 Å². The zero-order valence-electron chi connectivity index (χ0n) is 8.91. The highest BCUT2D eigenvalue weighted by molar-refractivity contribution is 5.80. The van der Waals surface area contributed by atoms with Crippen molar-refractivity contribution in [2.24, 2.45) is 5.73 Å². The van der Waals surface area contributed by atoms with Crippen LogP contribution >= 0.6 is 0 Å². The Morgan fingerprint density at radius 3 is 2.57 bits per heavy atom. The summed E-state index contributed by atoms with van der Waals surface area (Å²) in [6.45, 7) is 5.89. The van der Waals surface area contributed by atoms with E-state index in [4.69, 9.17) is 11.1 Å². The molecule has 78 valence electrons. The number of aryl methyl sites for hydroxylation is 2. The molecule has 1 aromatic rings. The standard InChI is InChI=1S/C9H17N5/c1-4-7-12-8(5-2)14(13-7)6(3)9(10)11/h6H,4-5H2,1-3H3,(H3,10,11). The Morgan fingerprint density at radius 1 is 1.50 bits per heavy atom. The summed E-state index contributed by atoms with van der Waals surface area (Å²) in [7, 11) is 0. The number of amidine groups is 1. The van der Waals surface area contributed by atoms with Crippen LogP contribution in [0.1, 0.15) is 38.5 Å². The third-order valence-corrected chi connectivity index (χ3v) is 2.20. The average molecular weight is 195 g/mol. The monoisotopic (exact) mass is 195 g/mol. The van der Waals surface area contributed by atoms with E-state index in [2.05, 4.69) is 10.1 Å². The minimum atomic E-state index is -0.197. The van der Waals surface area contributed by atoms with E-state index in [1.54, 1.807) is 4.68 Å². The van der Waals surface area contributed by atoms with Crippen molar-refractivity contribution in [2.75, 3.05) is 0 Å². The molecule has 0 aliphatic rings. The molecule has 0 saturated heterocycles. The Morgan fingerprint density at radius 2 is 2.14 bits per heavy atom. The van der Waals surface area contributed by atoms with Crippen molar-refractivity contribution in [2.45, 2.75) is 39.7 Å². The smallest absolute Gasteiger partial charge is 0.150 e. The van der Waals surface area contributed by atoms with Gasteiger partial charge in [-0.2, -0.15) is 5.10 Å². The van der Waals surface area contributed by atoms with Crippen molar-refractivity contribution in [3.05, 3.63) is 11.6 Å². The first-order chi connectivity index (χ1) is 6.60. The summed E-state index contributed by atoms with van der Waals surface area (Å²) in [5, 5.41) is 11.7. The highest BCUT2D eigenvalue weighted by Crippen LogP contribution is 2.09. The quantitative estimate of drug-likeness (QED) is 0.553. The number of hydrogen-bond acceptors (Lipinski definition) is 3. The van der Waals surface area contributed by atoms with Crippen LogP contribution in [0.25, 0.3) is 0 Å². The molecule has 0 bridgehead atoms. The van der Waals surface area contributed by atoms with E-state index in [1.165, 1.54) is 0 Å². The number of rotatable bonds is 4. The van der Waals surface area contributed by atoms with Crippen LogP contribution in [0, 0.1) is 5.41 Å². The number of hydrogen-bond donors (Lipinski definition) is 2. The highest BCUT2D eigenvalue weighted by Gasteiger charge is 2.14. The van der Waals surface area contributed by atoms with Crippen LogP contribution in [-0.2, 0) is 12.8 Å². The largest absolute Gasteiger partial charge is 0.386 e. The van der Waals surface area contributed by atoms with Gasteiger partial charge in [0.2, 0.25) is 0 Å². The lowest BCUT2D eigenvalue weighted by atomic mass is 10.3. The van der Waals surface area contributed by atoms with E-state index in [-0.39, 0.29) is 11.9 Å². The zero-order valence-corrected chi connectivity index (χ0v) is 8.91. The summed E-state index contributed by atoms with van der Waals surface area (Å²) < 4.78 is 1.74. The van der Waals surface area contributed by atoms with E-state index in [0.29, 0.717) is 0 Å². The summed E-state index contributed by atoms with van der Waals surface area (Å²) in [5.41, 5.74) is 5.44. The lowest BCUT2D eigenvalue weighted by molar-refractivity contribution is 0.566. The second-order valence-electron chi connectivity index (χ2n) is 3.23. The van der Waals surface area contributed by atoms with Crippen molar-refractivity contribution >= 4 is 5.84 Å². The lowest BCUT2D eigenvalue weighted by Crippen LogP contribution is -2.25. The van der Waals surface area contributed by atoms with Crippen LogP contribution < -0.4 is 5.73 Å². The Hall–Kier alpha value is -1.39. The van der Waals surface area contributed by atoms with Gasteiger partial charge in [-0.05, 0) is 6.92 Å². The number of nitrogens with one attached hydrogen (secondary N) is 1. The Kier molecular flexibility index (Phi) is 3.22. The topological polar surface area (TPSA) is 80.6 Å². The molecule has 0 aliphatic heterocycles. The molecule has 1 atom stereocenters. The molecular formula is C9H17N5. The molecule has 0 saturated carbocycles. The van der Waals surface area contributed by atoms with Crippen molar-refractivity contribution < 1.29 is 0 Å². The van der Waals surface area contributed by atoms with Crippen molar-refractivity contribution in [1.29, 1.82) is 5.41 Å². The van der Waals surface area contributed by atoms with Crippen molar-refractivity contribution in [3.8, 4) is 0 Å². The fourth-order valence-corrected chi connectivity index (χ4v) is 1.24. The molecule has 1 aromatic heterocycles. The second-order valence-corrected chi connectivity index (χ2v) is 3.23. The number of nitrogens with zero attached hydrogens (tertiary/aromatic N) is 3. The Labute approximate surface area is 83.8 Å². The molecule has 14 heavy (non-hydrogen) atoms. The van der Waals surface area contributed by atoms with Gasteiger partial charge in [0.05, 0.1) is 0 Å². The second kappa shape index (κ2) is 4.21. The van der Waals surface area contributed by atoms with Crippen molar-refractivity contribution in [3.63, 3.8) is 0 Å². The first kappa shape index (κ1) is 10.7. The zero-order chi connectivity index (χ0) is 10.7. The van der Waals surface area contributed by atoms with Crippen LogP contribution in [0.5, 0.6) is 0 Å². The normalized spacial score (nSPS) is 12.8. The summed E-state index contributed by atoms with van der Waals surface area (Å²) >= 11 is 0. The maximum absolute atomic E-state index is 7.37. The molecule has 1 heterocycles. The molecule has 0 spiro atoms. The lowest BCUT2D eigenvalue weighted by Gasteiger charge is -2.11. The maximum Gasteiger partial charge on any atom is 0.150 e. The number of nitrogens with two attached hydrogens (primary N) is 1. The fraction of sp³-hybridized carbons (Fsp3) is 0.667. The van der Waals surface area contributed by atoms with Gasteiger partial charge in [0.1, 0.15) is 17.7 Å². The number of aromatic nitrogens is 3. The molecule has 0 radical (unpaired) electrons. The summed E-state index contributed by atoms with van der Waals surface area (Å²) in [6.07, 6.45) is 1.62. The van der Waals surface area contributed by atoms with E-state index in [0.717, 1.165) is 24.5 Å². The van der Waals surface area contributed by atoms with Gasteiger partial charge >= 0.3 is 0 Å². The fourth-order valence-electron chi connectivity index (χ4n) is 1.24. The predicted octanol–water partition coefficient (Wildman–Crippen LogP) is 0.900. The first-order valence-electron chi connectivity index (χ1n) is 4.88. The Bertz CT molecular complexity index is 328. The van der Waals surface area contributed by atoms with Gasteiger partial charge in [0.15, 0.2) is 5.82 Å². The van der Waals surface area contributed by atoms with E-state index in [1.807, 2.05) is 20.8 Å². The molecule has 0 aromatic carbocycles. The Balaban J connectivity index is 3.05. The third-order valence-electron chi connectivity index (χ3n) is 2.20. The van der Waals surface area contributed by atoms with Crippen LogP contribution in [0.15, 0.2) is 0 Å². The molecular weight excluding hydrogens is 178 g/mol. The molecule has 1 rings (SSSR count). The van der Waals surface area contributed by atoms with Gasteiger partial charge in [-0.1, -0.05) is 13.8 Å². The molecule has 1 unspecified atom stereocenters. The minimum Gasteiger partial charge on any atom is -0.386 e. The van der Waals surface area contributed by atoms with Crippen LogP contribution in [0.2, 0.25) is 0 Å². The molecule has 5 heteroatoms. The molecule has 5 nitrogen and oxygen atoms in total. The van der Waals surface area contributed by atoms with Crippen molar-refractivity contribution in [1.82, 2.24) is 14.8 Å². The molecule has 0 aliphatic carbocycles. The predicted molar refractivity (Wildman–Crippen MR) is 55.4 cm³/mol. The van der Waals surface area contributed by atoms with Gasteiger partial charge < -0.3 is 5.73 Å². The summed E-state index contributed by atoms with van der Waals surface area (Å²) in [5.74, 6) is 1.83. The summed E-state index contributed by atoms with van der Waals surface area (Å²) in [4.78, 5) is 4.35. The first-order valence-corrected chi connectivity index (χ1v) is 4.88. The van der Waals surface area contributed by atoms with Crippen LogP contribution in [0.3, 0.4) is 0 Å².